The minimum atomic E-state index is -0.208. The van der Waals surface area contributed by atoms with E-state index in [0.29, 0.717) is 29.9 Å². The summed E-state index contributed by atoms with van der Waals surface area (Å²) in [5.74, 6) is -0.277. The Morgan fingerprint density at radius 1 is 0.804 bits per heavy atom. The number of amides is 3. The third-order valence-electron chi connectivity index (χ3n) is 9.06. The second-order valence-electron chi connectivity index (χ2n) is 12.5. The number of rotatable bonds is 8. The van der Waals surface area contributed by atoms with Gasteiger partial charge in [0, 0.05) is 47.7 Å². The van der Waals surface area contributed by atoms with E-state index < -0.39 is 0 Å². The summed E-state index contributed by atoms with van der Waals surface area (Å²) < 4.78 is 0. The van der Waals surface area contributed by atoms with Gasteiger partial charge in [0.2, 0.25) is 5.91 Å². The van der Waals surface area contributed by atoms with Gasteiger partial charge in [-0.2, -0.15) is 0 Å². The van der Waals surface area contributed by atoms with Gasteiger partial charge in [0.15, 0.2) is 0 Å². The third kappa shape index (κ3) is 6.80. The van der Waals surface area contributed by atoms with Crippen molar-refractivity contribution in [2.45, 2.75) is 25.7 Å². The summed E-state index contributed by atoms with van der Waals surface area (Å²) in [7, 11) is 3.98. The lowest BCUT2D eigenvalue weighted by Gasteiger charge is -2.26. The highest BCUT2D eigenvalue weighted by molar-refractivity contribution is 6.10. The SMILES string of the molecule is CN(C)CCNC(=O)C1=C[C@@]2(CC1)CCN(C(=O)c1ccc(NC(=O)c3ccccc3-c3ccccc3)cc1)c1ccccc1C2. The molecule has 3 amide bonds. The normalized spacial score (nSPS) is 17.3. The van der Waals surface area contributed by atoms with Crippen LogP contribution >= 0.6 is 0 Å². The molecule has 1 aliphatic carbocycles. The maximum absolute atomic E-state index is 14.0. The van der Waals surface area contributed by atoms with Crippen LogP contribution in [-0.2, 0) is 11.2 Å². The van der Waals surface area contributed by atoms with Crippen LogP contribution in [0.2, 0.25) is 0 Å². The van der Waals surface area contributed by atoms with Gasteiger partial charge in [-0.05, 0) is 98.3 Å². The number of allylic oxidation sites excluding steroid dienone is 1. The highest BCUT2D eigenvalue weighted by Gasteiger charge is 2.39. The number of hydrogen-bond acceptors (Lipinski definition) is 4. The number of likely N-dealkylation sites (N-methyl/N-ethyl adjacent to an activating group) is 1. The zero-order valence-corrected chi connectivity index (χ0v) is 26.5. The highest BCUT2D eigenvalue weighted by atomic mass is 16.2. The van der Waals surface area contributed by atoms with E-state index in [-0.39, 0.29) is 23.1 Å². The molecule has 1 atom stereocenters. The number of anilines is 2. The summed E-state index contributed by atoms with van der Waals surface area (Å²) in [6.07, 6.45) is 5.37. The van der Waals surface area contributed by atoms with Crippen molar-refractivity contribution in [2.24, 2.45) is 5.41 Å². The van der Waals surface area contributed by atoms with Crippen molar-refractivity contribution in [3.8, 4) is 11.1 Å². The van der Waals surface area contributed by atoms with Crippen LogP contribution in [0, 0.1) is 5.41 Å². The Kier molecular flexibility index (Phi) is 9.13. The van der Waals surface area contributed by atoms with Crippen molar-refractivity contribution in [3.05, 3.63) is 131 Å². The van der Waals surface area contributed by atoms with E-state index in [4.69, 9.17) is 0 Å². The fraction of sp³-hybridized carbons (Fsp3) is 0.256. The van der Waals surface area contributed by atoms with Crippen molar-refractivity contribution in [1.82, 2.24) is 10.2 Å². The molecule has 0 bridgehead atoms. The molecule has 7 nitrogen and oxygen atoms in total. The van der Waals surface area contributed by atoms with E-state index in [2.05, 4.69) is 27.7 Å². The number of benzene rings is 4. The second-order valence-corrected chi connectivity index (χ2v) is 12.5. The Labute approximate surface area is 270 Å². The van der Waals surface area contributed by atoms with Crippen LogP contribution in [0.3, 0.4) is 0 Å². The van der Waals surface area contributed by atoms with Gasteiger partial charge in [0.1, 0.15) is 0 Å². The van der Waals surface area contributed by atoms with Gasteiger partial charge in [0.25, 0.3) is 11.8 Å². The number of para-hydroxylation sites is 1. The van der Waals surface area contributed by atoms with Gasteiger partial charge in [0.05, 0.1) is 0 Å². The molecule has 1 spiro atoms. The zero-order valence-electron chi connectivity index (χ0n) is 26.5. The van der Waals surface area contributed by atoms with Gasteiger partial charge >= 0.3 is 0 Å². The van der Waals surface area contributed by atoms with Crippen LogP contribution in [0.15, 0.2) is 115 Å². The molecule has 2 N–H and O–H groups in total. The average Bonchev–Trinajstić information content (AvgIpc) is 3.42. The fourth-order valence-corrected chi connectivity index (χ4v) is 6.58. The maximum Gasteiger partial charge on any atom is 0.258 e. The minimum Gasteiger partial charge on any atom is -0.351 e. The summed E-state index contributed by atoms with van der Waals surface area (Å²) in [6.45, 7) is 1.96. The van der Waals surface area contributed by atoms with Gasteiger partial charge < -0.3 is 20.4 Å². The molecule has 46 heavy (non-hydrogen) atoms. The predicted octanol–water partition coefficient (Wildman–Crippen LogP) is 6.58. The van der Waals surface area contributed by atoms with Crippen molar-refractivity contribution in [2.75, 3.05) is 43.9 Å². The summed E-state index contributed by atoms with van der Waals surface area (Å²) in [5.41, 5.74) is 6.29. The van der Waals surface area contributed by atoms with Crippen molar-refractivity contribution < 1.29 is 14.4 Å². The number of fused-ring (bicyclic) bond motifs is 1. The van der Waals surface area contributed by atoms with Crippen molar-refractivity contribution in [1.29, 1.82) is 0 Å². The van der Waals surface area contributed by atoms with Gasteiger partial charge in [-0.15, -0.1) is 0 Å². The average molecular weight is 613 g/mol. The smallest absolute Gasteiger partial charge is 0.258 e. The molecule has 4 aromatic rings. The molecule has 0 saturated heterocycles. The van der Waals surface area contributed by atoms with E-state index in [1.807, 2.05) is 91.8 Å². The van der Waals surface area contributed by atoms with Crippen molar-refractivity contribution >= 4 is 29.1 Å². The molecular weight excluding hydrogens is 572 g/mol. The van der Waals surface area contributed by atoms with E-state index in [9.17, 15) is 14.4 Å². The molecule has 0 saturated carbocycles. The second kappa shape index (κ2) is 13.5. The summed E-state index contributed by atoms with van der Waals surface area (Å²) >= 11 is 0. The number of nitrogens with zero attached hydrogens (tertiary/aromatic N) is 2. The molecule has 1 aliphatic heterocycles. The van der Waals surface area contributed by atoms with Crippen LogP contribution < -0.4 is 15.5 Å². The molecule has 0 fully saturated rings. The lowest BCUT2D eigenvalue weighted by Crippen LogP contribution is -2.33. The van der Waals surface area contributed by atoms with E-state index in [1.54, 1.807) is 24.3 Å². The topological polar surface area (TPSA) is 81.8 Å². The molecular formula is C39H40N4O3. The van der Waals surface area contributed by atoms with Gasteiger partial charge in [-0.3, -0.25) is 14.4 Å². The van der Waals surface area contributed by atoms with Crippen LogP contribution in [0.4, 0.5) is 11.4 Å². The number of carbonyl (C=O) groups excluding carboxylic acids is 3. The van der Waals surface area contributed by atoms with Crippen LogP contribution in [0.1, 0.15) is 45.5 Å². The molecule has 0 radical (unpaired) electrons. The summed E-state index contributed by atoms with van der Waals surface area (Å²) in [4.78, 5) is 44.1. The first-order valence-electron chi connectivity index (χ1n) is 15.9. The minimum absolute atomic E-state index is 0.0138. The maximum atomic E-state index is 14.0. The Balaban J connectivity index is 1.17. The largest absolute Gasteiger partial charge is 0.351 e. The quantitative estimate of drug-likeness (QED) is 0.236. The zero-order chi connectivity index (χ0) is 32.1. The molecule has 0 aromatic heterocycles. The Morgan fingerprint density at radius 3 is 2.30 bits per heavy atom. The van der Waals surface area contributed by atoms with Crippen molar-refractivity contribution in [3.63, 3.8) is 0 Å². The van der Waals surface area contributed by atoms with Gasteiger partial charge in [-0.1, -0.05) is 72.8 Å². The Morgan fingerprint density at radius 2 is 1.52 bits per heavy atom. The van der Waals surface area contributed by atoms with Crippen LogP contribution in [0.25, 0.3) is 11.1 Å². The van der Waals surface area contributed by atoms with Crippen LogP contribution in [0.5, 0.6) is 0 Å². The van der Waals surface area contributed by atoms with Crippen LogP contribution in [-0.4, -0.2) is 56.4 Å². The predicted molar refractivity (Wildman–Crippen MR) is 184 cm³/mol. The monoisotopic (exact) mass is 612 g/mol. The third-order valence-corrected chi connectivity index (χ3v) is 9.06. The summed E-state index contributed by atoms with van der Waals surface area (Å²) in [5, 5.41) is 6.06. The van der Waals surface area contributed by atoms with Gasteiger partial charge in [-0.25, -0.2) is 0 Å². The number of carbonyl (C=O) groups is 3. The first-order valence-corrected chi connectivity index (χ1v) is 15.9. The number of nitrogens with one attached hydrogen (secondary N) is 2. The first kappa shape index (κ1) is 31.0. The fourth-order valence-electron chi connectivity index (χ4n) is 6.58. The van der Waals surface area contributed by atoms with E-state index >= 15 is 0 Å². The van der Waals surface area contributed by atoms with E-state index in [1.165, 1.54) is 0 Å². The number of hydrogen-bond donors (Lipinski definition) is 2. The molecule has 4 aromatic carbocycles. The lowest BCUT2D eigenvalue weighted by atomic mass is 9.79. The molecule has 2 aliphatic rings. The van der Waals surface area contributed by atoms with E-state index in [0.717, 1.165) is 60.2 Å². The Bertz CT molecular complexity index is 1760. The molecule has 1 heterocycles. The molecule has 6 rings (SSSR count). The lowest BCUT2D eigenvalue weighted by molar-refractivity contribution is -0.117. The molecule has 0 unspecified atom stereocenters. The standard InChI is InChI=1S/C39H40N4O3/c1-42(2)25-23-40-36(44)31-20-21-39(27-31)22-24-43(35-15-9-6-12-30(35)26-39)38(46)29-16-18-32(19-17-29)41-37(45)34-14-8-7-13-33(34)28-10-4-3-5-11-28/h3-19,27H,20-26H2,1-2H3,(H,40,44)(H,41,45)/t39-/m0/s1. The summed E-state index contributed by atoms with van der Waals surface area (Å²) in [6, 6.07) is 32.6. The molecule has 234 valence electrons. The first-order chi connectivity index (χ1) is 22.3. The molecule has 7 heteroatoms. The highest BCUT2D eigenvalue weighted by Crippen LogP contribution is 2.46. The Hall–Kier alpha value is -5.01.